The van der Waals surface area contributed by atoms with E-state index >= 15 is 0 Å². The lowest BCUT2D eigenvalue weighted by Crippen LogP contribution is -2.30. The Bertz CT molecular complexity index is 894. The first kappa shape index (κ1) is 25.5. The minimum Gasteiger partial charge on any atom is -0.494 e. The predicted molar refractivity (Wildman–Crippen MR) is 134 cm³/mol. The van der Waals surface area contributed by atoms with Crippen LogP contribution in [0, 0.1) is 0 Å². The molecule has 0 radical (unpaired) electrons. The zero-order valence-electron chi connectivity index (χ0n) is 18.7. The minimum atomic E-state index is -1.57. The molecule has 0 aromatic heterocycles. The number of rotatable bonds is 12. The summed E-state index contributed by atoms with van der Waals surface area (Å²) in [7, 11) is 3.72. The molecule has 0 fully saturated rings. The van der Waals surface area contributed by atoms with E-state index < -0.39 is 12.2 Å². The van der Waals surface area contributed by atoms with Crippen molar-refractivity contribution >= 4 is 33.3 Å². The van der Waals surface area contributed by atoms with Gasteiger partial charge in [-0.3, -0.25) is 9.34 Å². The largest absolute Gasteiger partial charge is 0.494 e. The van der Waals surface area contributed by atoms with Crippen LogP contribution in [0.5, 0.6) is 11.5 Å². The van der Waals surface area contributed by atoms with Gasteiger partial charge in [-0.05, 0) is 74.8 Å². The van der Waals surface area contributed by atoms with Gasteiger partial charge in [0.1, 0.15) is 22.6 Å². The summed E-state index contributed by atoms with van der Waals surface area (Å²) in [4.78, 5) is 0. The third-order valence-electron chi connectivity index (χ3n) is 4.91. The molecule has 0 saturated carbocycles. The van der Waals surface area contributed by atoms with Crippen molar-refractivity contribution in [2.24, 2.45) is 5.10 Å². The molecule has 6 nitrogen and oxygen atoms in total. The number of hydrogen-bond acceptors (Lipinski definition) is 6. The molecule has 2 rings (SSSR count). The Morgan fingerprint density at radius 3 is 2.32 bits per heavy atom. The molecule has 0 heterocycles. The van der Waals surface area contributed by atoms with Crippen molar-refractivity contribution in [1.29, 1.82) is 0 Å². The van der Waals surface area contributed by atoms with E-state index in [4.69, 9.17) is 21.3 Å². The summed E-state index contributed by atoms with van der Waals surface area (Å²) in [5.41, 5.74) is 1.91. The van der Waals surface area contributed by atoms with Gasteiger partial charge in [-0.2, -0.15) is 5.10 Å². The van der Waals surface area contributed by atoms with Crippen molar-refractivity contribution in [3.8, 4) is 11.5 Å². The van der Waals surface area contributed by atoms with Crippen LogP contribution < -0.4 is 14.8 Å². The highest BCUT2D eigenvalue weighted by atomic mass is 32.4. The third kappa shape index (κ3) is 7.11. The molecule has 0 aliphatic heterocycles. The van der Waals surface area contributed by atoms with Gasteiger partial charge in [-0.1, -0.05) is 30.9 Å². The molecule has 0 spiro atoms. The second-order valence-electron chi connectivity index (χ2n) is 7.13. The number of nitrogens with zero attached hydrogens (tertiary/aromatic N) is 2. The number of benzene rings is 2. The zero-order valence-corrected chi connectivity index (χ0v) is 21.4. The average molecular weight is 480 g/mol. The molecule has 3 unspecified atom stereocenters. The normalized spacial score (nSPS) is 15.4. The minimum absolute atomic E-state index is 0.0340. The first-order chi connectivity index (χ1) is 14.9. The Balaban J connectivity index is 2.08. The quantitative estimate of drug-likeness (QED) is 0.241. The fourth-order valence-electron chi connectivity index (χ4n) is 2.89. The Hall–Kier alpha value is -1.78. The number of nitrogens with one attached hydrogen (secondary N) is 1. The van der Waals surface area contributed by atoms with Crippen LogP contribution in [0.1, 0.15) is 44.1 Å². The van der Waals surface area contributed by atoms with Crippen molar-refractivity contribution in [2.75, 3.05) is 20.7 Å². The Morgan fingerprint density at radius 2 is 1.81 bits per heavy atom. The Labute approximate surface area is 192 Å². The van der Waals surface area contributed by atoms with E-state index in [9.17, 15) is 4.57 Å². The van der Waals surface area contributed by atoms with Crippen molar-refractivity contribution < 1.29 is 14.0 Å². The summed E-state index contributed by atoms with van der Waals surface area (Å²) >= 11 is 5.89. The van der Waals surface area contributed by atoms with Crippen molar-refractivity contribution in [3.05, 3.63) is 59.7 Å². The lowest BCUT2D eigenvalue weighted by atomic mass is 10.2. The van der Waals surface area contributed by atoms with Gasteiger partial charge in [0.15, 0.2) is 8.46 Å². The van der Waals surface area contributed by atoms with Gasteiger partial charge in [0.25, 0.3) is 0 Å². The number of hydrazone groups is 1. The van der Waals surface area contributed by atoms with Crippen molar-refractivity contribution in [2.45, 2.75) is 38.3 Å². The lowest BCUT2D eigenvalue weighted by molar-refractivity contribution is 0.171. The molecule has 0 saturated heterocycles. The topological polar surface area (TPSA) is 63.2 Å². The Kier molecular flexibility index (Phi) is 10.1. The second-order valence-corrected chi connectivity index (χ2v) is 11.3. The first-order valence-electron chi connectivity index (χ1n) is 10.2. The highest BCUT2D eigenvalue weighted by molar-refractivity contribution is 8.04. The van der Waals surface area contributed by atoms with Crippen LogP contribution in [0.25, 0.3) is 0 Å². The van der Waals surface area contributed by atoms with Crippen molar-refractivity contribution in [3.63, 3.8) is 0 Å². The van der Waals surface area contributed by atoms with E-state index in [1.54, 1.807) is 13.3 Å². The highest BCUT2D eigenvalue weighted by Crippen LogP contribution is 2.45. The maximum absolute atomic E-state index is 11.2. The molecule has 9 heteroatoms. The molecule has 0 aliphatic carbocycles. The molecule has 31 heavy (non-hydrogen) atoms. The van der Waals surface area contributed by atoms with Crippen LogP contribution in [0.4, 0.5) is 0 Å². The van der Waals surface area contributed by atoms with Gasteiger partial charge in [0.2, 0.25) is 0 Å². The van der Waals surface area contributed by atoms with Gasteiger partial charge >= 0.3 is 0 Å². The monoisotopic (exact) mass is 479 g/mol. The second kappa shape index (κ2) is 12.3. The average Bonchev–Trinajstić information content (AvgIpc) is 2.80. The number of hydrogen-bond donors (Lipinski definition) is 1. The summed E-state index contributed by atoms with van der Waals surface area (Å²) in [5, 5.41) is 7.06. The van der Waals surface area contributed by atoms with Crippen LogP contribution in [-0.2, 0) is 16.4 Å². The van der Waals surface area contributed by atoms with E-state index in [2.05, 4.69) is 17.3 Å². The van der Waals surface area contributed by atoms with E-state index in [1.807, 2.05) is 74.2 Å². The van der Waals surface area contributed by atoms with E-state index in [-0.39, 0.29) is 14.2 Å². The van der Waals surface area contributed by atoms with Gasteiger partial charge in [0.05, 0.1) is 19.7 Å². The summed E-state index contributed by atoms with van der Waals surface area (Å²) < 4.78 is 24.9. The standard InChI is InChI=1S/C22H31N3O3P2S/c1-6-22(3,28-20-14-10-18(11-15-20)21(23-4)29-26)30(31)25(5)24-16-17-8-12-19(13-9-17)27-7-2/h8-16,21,23,30H,6-7H2,1-5H3/b24-16+. The molecule has 2 aromatic rings. The summed E-state index contributed by atoms with van der Waals surface area (Å²) in [5.74, 6) is 1.35. The van der Waals surface area contributed by atoms with E-state index in [1.165, 1.54) is 0 Å². The van der Waals surface area contributed by atoms with Crippen molar-refractivity contribution in [1.82, 2.24) is 10.1 Å². The molecule has 1 N–H and O–H groups in total. The highest BCUT2D eigenvalue weighted by Gasteiger charge is 2.31. The first-order valence-corrected chi connectivity index (χ1v) is 13.7. The maximum Gasteiger partial charge on any atom is 0.179 e. The van der Waals surface area contributed by atoms with Gasteiger partial charge in [-0.15, -0.1) is 0 Å². The SMILES string of the molecule is CCOc1ccc(/C=N/N(C)[PH](=S)C(C)(CC)Oc2ccc(C(NC)P=O)cc2)cc1. The predicted octanol–water partition coefficient (Wildman–Crippen LogP) is 5.66. The zero-order chi connectivity index (χ0) is 22.9. The van der Waals surface area contributed by atoms with E-state index in [0.29, 0.717) is 6.61 Å². The molecular weight excluding hydrogens is 448 g/mol. The molecule has 0 bridgehead atoms. The molecule has 3 atom stereocenters. The van der Waals surface area contributed by atoms with Crippen LogP contribution in [0.3, 0.4) is 0 Å². The fraction of sp³-hybridized carbons (Fsp3) is 0.409. The molecule has 0 amide bonds. The lowest BCUT2D eigenvalue weighted by Gasteiger charge is -2.34. The Morgan fingerprint density at radius 1 is 1.19 bits per heavy atom. The summed E-state index contributed by atoms with van der Waals surface area (Å²) in [6.07, 6.45) is 2.56. The molecular formula is C22H31N3O3P2S. The fourth-order valence-corrected chi connectivity index (χ4v) is 5.34. The summed E-state index contributed by atoms with van der Waals surface area (Å²) in [6, 6.07) is 15.4. The molecule has 2 aromatic carbocycles. The van der Waals surface area contributed by atoms with Crippen LogP contribution >= 0.6 is 15.3 Å². The maximum atomic E-state index is 11.2. The smallest absolute Gasteiger partial charge is 0.179 e. The third-order valence-corrected chi connectivity index (χ3v) is 9.83. The molecule has 168 valence electrons. The van der Waals surface area contributed by atoms with Crippen LogP contribution in [0.15, 0.2) is 53.6 Å². The molecule has 0 aliphatic rings. The summed E-state index contributed by atoms with van der Waals surface area (Å²) in [6.45, 7) is 5.15. The number of ether oxygens (including phenoxy) is 2. The van der Waals surface area contributed by atoms with Gasteiger partial charge < -0.3 is 14.8 Å². The van der Waals surface area contributed by atoms with Gasteiger partial charge in [-0.25, -0.2) is 0 Å². The van der Waals surface area contributed by atoms with Gasteiger partial charge in [0, 0.05) is 7.05 Å². The van der Waals surface area contributed by atoms with Crippen LogP contribution in [0.2, 0.25) is 0 Å². The van der Waals surface area contributed by atoms with E-state index in [0.717, 1.165) is 29.0 Å². The van der Waals surface area contributed by atoms with Crippen LogP contribution in [-0.4, -0.2) is 37.0 Å².